The summed E-state index contributed by atoms with van der Waals surface area (Å²) in [4.78, 5) is 27.5. The van der Waals surface area contributed by atoms with Gasteiger partial charge >= 0.3 is 11.9 Å². The first-order valence-corrected chi connectivity index (χ1v) is 23.1. The number of benzene rings is 4. The third kappa shape index (κ3) is 15.8. The van der Waals surface area contributed by atoms with Crippen LogP contribution >= 0.6 is 0 Å². The highest BCUT2D eigenvalue weighted by Gasteiger charge is 2.19. The van der Waals surface area contributed by atoms with E-state index < -0.39 is 45.7 Å². The zero-order valence-electron chi connectivity index (χ0n) is 36.6. The minimum absolute atomic E-state index is 0.0381. The van der Waals surface area contributed by atoms with Gasteiger partial charge in [0.2, 0.25) is 0 Å². The smallest absolute Gasteiger partial charge is 0.331 e. The van der Waals surface area contributed by atoms with Crippen LogP contribution in [0.3, 0.4) is 0 Å². The maximum Gasteiger partial charge on any atom is 0.331 e. The molecule has 4 aromatic rings. The van der Waals surface area contributed by atoms with Crippen LogP contribution in [0.5, 0.6) is 34.5 Å². The highest BCUT2D eigenvalue weighted by molar-refractivity contribution is 7.84. The van der Waals surface area contributed by atoms with Crippen LogP contribution in [0.15, 0.2) is 94.7 Å². The van der Waals surface area contributed by atoms with Gasteiger partial charge in [0, 0.05) is 72.8 Å². The average molecular weight is 895 g/mol. The summed E-state index contributed by atoms with van der Waals surface area (Å²) in [6.45, 7) is 9.36. The van der Waals surface area contributed by atoms with Gasteiger partial charge < -0.3 is 48.5 Å². The predicted octanol–water partition coefficient (Wildman–Crippen LogP) is 5.59. The molecule has 4 rings (SSSR count). The van der Waals surface area contributed by atoms with Crippen molar-refractivity contribution >= 4 is 33.5 Å². The quantitative estimate of drug-likeness (QED) is 0.0456. The minimum Gasteiger partial charge on any atom is -0.493 e. The SMILES string of the molecule is COc1cc(S(C)=O)c(C)cc1OCCNCC(COc1ccccc1C)OC(=O)/C=C\C(=O)OC(CNCCOc1cc(C)c(S(C)=O)cc1OC)COc1ccccc1C. The van der Waals surface area contributed by atoms with Crippen molar-refractivity contribution in [1.82, 2.24) is 10.6 Å². The summed E-state index contributed by atoms with van der Waals surface area (Å²) in [5, 5.41) is 6.47. The van der Waals surface area contributed by atoms with E-state index in [4.69, 9.17) is 37.9 Å². The van der Waals surface area contributed by atoms with Crippen LogP contribution in [0, 0.1) is 27.7 Å². The molecule has 16 heteroatoms. The summed E-state index contributed by atoms with van der Waals surface area (Å²) in [7, 11) is 0.695. The van der Waals surface area contributed by atoms with Gasteiger partial charge in [-0.3, -0.25) is 8.42 Å². The van der Waals surface area contributed by atoms with Crippen LogP contribution in [-0.4, -0.2) is 112 Å². The summed E-state index contributed by atoms with van der Waals surface area (Å²) in [6.07, 6.45) is 3.78. The maximum absolute atomic E-state index is 13.1. The number of hydrogen-bond acceptors (Lipinski definition) is 14. The fourth-order valence-corrected chi connectivity index (χ4v) is 7.63. The monoisotopic (exact) mass is 894 g/mol. The Morgan fingerprint density at radius 3 is 1.29 bits per heavy atom. The second-order valence-corrected chi connectivity index (χ2v) is 16.9. The van der Waals surface area contributed by atoms with Crippen LogP contribution in [0.1, 0.15) is 22.3 Å². The molecule has 0 aliphatic rings. The fraction of sp³-hybridized carbons (Fsp3) is 0.391. The molecule has 0 bridgehead atoms. The van der Waals surface area contributed by atoms with Crippen molar-refractivity contribution in [3.8, 4) is 34.5 Å². The number of esters is 2. The van der Waals surface area contributed by atoms with Crippen molar-refractivity contribution in [2.75, 3.05) is 79.3 Å². The standard InChI is InChI=1S/C46H58N2O12S2/c1-31-13-9-11-15-37(31)57-29-35(27-47-19-21-55-41-23-33(3)43(61(7)51)25-39(41)53-5)59-45(49)17-18-46(50)60-36(30-58-38-16-12-10-14-32(38)2)28-48-20-22-56-42-24-34(4)44(62(8)52)26-40(42)54-6/h9-18,23-26,35-36,47-48H,19-22,27-30H2,1-8H3/b18-17-. The van der Waals surface area contributed by atoms with Gasteiger partial charge in [-0.1, -0.05) is 36.4 Å². The molecular formula is C46H58N2O12S2. The van der Waals surface area contributed by atoms with E-state index in [2.05, 4.69) is 10.6 Å². The number of methoxy groups -OCH3 is 2. The Labute approximate surface area is 369 Å². The number of carbonyl (C=O) groups is 2. The molecule has 4 aromatic carbocycles. The summed E-state index contributed by atoms with van der Waals surface area (Å²) in [5.41, 5.74) is 3.49. The van der Waals surface area contributed by atoms with Crippen LogP contribution in [-0.2, 0) is 40.7 Å². The van der Waals surface area contributed by atoms with Gasteiger partial charge in [-0.2, -0.15) is 0 Å². The Kier molecular flexibility index (Phi) is 20.3. The van der Waals surface area contributed by atoms with Crippen LogP contribution < -0.4 is 39.1 Å². The molecule has 4 atom stereocenters. The van der Waals surface area contributed by atoms with Gasteiger partial charge in [0.1, 0.15) is 50.1 Å². The molecule has 336 valence electrons. The summed E-state index contributed by atoms with van der Waals surface area (Å²) >= 11 is 0. The molecule has 4 unspecified atom stereocenters. The summed E-state index contributed by atoms with van der Waals surface area (Å²) in [6, 6.07) is 22.0. The Bertz CT molecular complexity index is 2030. The van der Waals surface area contributed by atoms with E-state index in [1.165, 1.54) is 14.2 Å². The summed E-state index contributed by atoms with van der Waals surface area (Å²) in [5.74, 6) is 1.75. The number of aryl methyl sites for hydroxylation is 4. The molecule has 0 amide bonds. The topological polar surface area (TPSA) is 166 Å². The number of hydrogen-bond donors (Lipinski definition) is 2. The lowest BCUT2D eigenvalue weighted by molar-refractivity contribution is -0.147. The van der Waals surface area contributed by atoms with Crippen molar-refractivity contribution in [2.45, 2.75) is 49.7 Å². The second-order valence-electron chi connectivity index (χ2n) is 14.2. The number of carbonyl (C=O) groups excluding carboxylic acids is 2. The third-order valence-electron chi connectivity index (χ3n) is 9.32. The number of rotatable bonds is 26. The molecule has 2 N–H and O–H groups in total. The zero-order chi connectivity index (χ0) is 45.0. The van der Waals surface area contributed by atoms with Gasteiger partial charge in [0.25, 0.3) is 0 Å². The van der Waals surface area contributed by atoms with Gasteiger partial charge in [-0.15, -0.1) is 0 Å². The molecule has 0 saturated heterocycles. The molecule has 0 saturated carbocycles. The lowest BCUT2D eigenvalue weighted by Gasteiger charge is -2.20. The van der Waals surface area contributed by atoms with E-state index in [1.54, 1.807) is 36.8 Å². The molecule has 14 nitrogen and oxygen atoms in total. The van der Waals surface area contributed by atoms with Crippen LogP contribution in [0.4, 0.5) is 0 Å². The third-order valence-corrected chi connectivity index (χ3v) is 11.4. The average Bonchev–Trinajstić information content (AvgIpc) is 3.24. The molecule has 0 spiro atoms. The van der Waals surface area contributed by atoms with Crippen LogP contribution in [0.25, 0.3) is 0 Å². The number of para-hydroxylation sites is 2. The van der Waals surface area contributed by atoms with Crippen molar-refractivity contribution in [3.05, 3.63) is 107 Å². The largest absolute Gasteiger partial charge is 0.493 e. The minimum atomic E-state index is -1.18. The van der Waals surface area contributed by atoms with E-state index in [0.29, 0.717) is 57.4 Å². The van der Waals surface area contributed by atoms with Crippen molar-refractivity contribution in [1.29, 1.82) is 0 Å². The number of ether oxygens (including phenoxy) is 8. The first-order valence-electron chi connectivity index (χ1n) is 20.0. The molecule has 0 radical (unpaired) electrons. The lowest BCUT2D eigenvalue weighted by atomic mass is 10.2. The van der Waals surface area contributed by atoms with Gasteiger partial charge in [-0.25, -0.2) is 9.59 Å². The van der Waals surface area contributed by atoms with E-state index in [1.807, 2.05) is 76.2 Å². The van der Waals surface area contributed by atoms with Crippen LogP contribution in [0.2, 0.25) is 0 Å². The second kappa shape index (κ2) is 25.5. The molecule has 0 aromatic heterocycles. The van der Waals surface area contributed by atoms with Crippen molar-refractivity contribution in [3.63, 3.8) is 0 Å². The Balaban J connectivity index is 1.33. The van der Waals surface area contributed by atoms with Crippen molar-refractivity contribution < 1.29 is 55.9 Å². The lowest BCUT2D eigenvalue weighted by Crippen LogP contribution is -2.37. The molecule has 62 heavy (non-hydrogen) atoms. The zero-order valence-corrected chi connectivity index (χ0v) is 38.2. The number of nitrogens with one attached hydrogen (secondary N) is 2. The Morgan fingerprint density at radius 1 is 0.548 bits per heavy atom. The van der Waals surface area contributed by atoms with Gasteiger partial charge in [-0.05, 0) is 74.2 Å². The highest BCUT2D eigenvalue weighted by Crippen LogP contribution is 2.33. The highest BCUT2D eigenvalue weighted by atomic mass is 32.2. The van der Waals surface area contributed by atoms with Gasteiger partial charge in [0.15, 0.2) is 23.0 Å². The normalized spacial score (nSPS) is 13.1. The first-order chi connectivity index (χ1) is 29.8. The Hall–Kier alpha value is -5.42. The van der Waals surface area contributed by atoms with E-state index >= 15 is 0 Å². The summed E-state index contributed by atoms with van der Waals surface area (Å²) < 4.78 is 70.4. The van der Waals surface area contributed by atoms with Gasteiger partial charge in [0.05, 0.1) is 35.8 Å². The molecule has 0 fully saturated rings. The molecular weight excluding hydrogens is 837 g/mol. The van der Waals surface area contributed by atoms with Crippen molar-refractivity contribution in [2.24, 2.45) is 0 Å². The fourth-order valence-electron chi connectivity index (χ4n) is 6.06. The van der Waals surface area contributed by atoms with E-state index in [0.717, 1.165) is 34.4 Å². The predicted molar refractivity (Wildman–Crippen MR) is 239 cm³/mol. The molecule has 0 aliphatic carbocycles. The first kappa shape index (κ1) is 49.2. The molecule has 0 aliphatic heterocycles. The Morgan fingerprint density at radius 2 is 0.935 bits per heavy atom. The maximum atomic E-state index is 13.1. The van der Waals surface area contributed by atoms with E-state index in [-0.39, 0.29) is 39.5 Å². The molecule has 0 heterocycles. The van der Waals surface area contributed by atoms with E-state index in [9.17, 15) is 18.0 Å².